The van der Waals surface area contributed by atoms with Crippen molar-refractivity contribution in [1.82, 2.24) is 29.7 Å². The first-order valence-corrected chi connectivity index (χ1v) is 25.6. The minimum atomic E-state index is -0.726. The second kappa shape index (κ2) is 32.0. The van der Waals surface area contributed by atoms with Gasteiger partial charge in [0.1, 0.15) is 16.9 Å². The molecule has 0 bridgehead atoms. The molecule has 9 heteroatoms. The molecule has 9 nitrogen and oxygen atoms in total. The number of pyridine rings is 1. The normalized spacial score (nSPS) is 12.2. The molecule has 61 heavy (non-hydrogen) atoms. The van der Waals surface area contributed by atoms with Crippen LogP contribution in [0.25, 0.3) is 21.9 Å². The SMILES string of the molecule is CCCCCCCCCCCCN(CC)CCCN(CCCCCCCCCCCC)CCCCCC(=O)OC(C)(C)Cn1c(CNCC)nc2c(N)nc3ccccc3c21. The number of rotatable bonds is 39. The van der Waals surface area contributed by atoms with Gasteiger partial charge in [0.05, 0.1) is 24.1 Å². The summed E-state index contributed by atoms with van der Waals surface area (Å²) >= 11 is 0. The number of unbranched alkanes of at least 4 members (excludes halogenated alkanes) is 20. The van der Waals surface area contributed by atoms with Gasteiger partial charge in [-0.3, -0.25) is 4.79 Å². The predicted molar refractivity (Wildman–Crippen MR) is 262 cm³/mol. The predicted octanol–water partition coefficient (Wildman–Crippen LogP) is 13.0. The van der Waals surface area contributed by atoms with Crippen LogP contribution in [0.5, 0.6) is 0 Å². The van der Waals surface area contributed by atoms with Gasteiger partial charge in [-0.05, 0) is 97.8 Å². The van der Waals surface area contributed by atoms with Crippen molar-refractivity contribution in [1.29, 1.82) is 0 Å². The highest BCUT2D eigenvalue weighted by Gasteiger charge is 2.27. The molecule has 0 atom stereocenters. The fourth-order valence-electron chi connectivity index (χ4n) is 8.93. The highest BCUT2D eigenvalue weighted by molar-refractivity contribution is 6.06. The van der Waals surface area contributed by atoms with Crippen LogP contribution in [0, 0.1) is 0 Å². The Kier molecular flexibility index (Phi) is 27.6. The third-order valence-corrected chi connectivity index (χ3v) is 12.6. The van der Waals surface area contributed by atoms with Crippen LogP contribution in [0.2, 0.25) is 0 Å². The molecular weight excluding hydrogens is 755 g/mol. The van der Waals surface area contributed by atoms with E-state index in [1.54, 1.807) is 0 Å². The van der Waals surface area contributed by atoms with Gasteiger partial charge in [-0.1, -0.05) is 168 Å². The summed E-state index contributed by atoms with van der Waals surface area (Å²) in [5.74, 6) is 1.16. The molecule has 0 unspecified atom stereocenters. The Labute approximate surface area is 374 Å². The molecule has 3 aromatic rings. The Hall–Kier alpha value is -2.75. The Balaban J connectivity index is 1.44. The van der Waals surface area contributed by atoms with Gasteiger partial charge in [-0.25, -0.2) is 9.97 Å². The lowest BCUT2D eigenvalue weighted by molar-refractivity contribution is -0.157. The number of anilines is 1. The number of hydrogen-bond donors (Lipinski definition) is 2. The molecule has 0 amide bonds. The Morgan fingerprint density at radius 1 is 0.656 bits per heavy atom. The number of aromatic nitrogens is 3. The monoisotopic (exact) mass is 848 g/mol. The number of imidazole rings is 1. The van der Waals surface area contributed by atoms with Crippen LogP contribution in [-0.2, 0) is 22.6 Å². The molecule has 1 aromatic carbocycles. The number of nitrogens with one attached hydrogen (secondary N) is 1. The first-order chi connectivity index (χ1) is 29.7. The zero-order valence-corrected chi connectivity index (χ0v) is 40.5. The van der Waals surface area contributed by atoms with Crippen LogP contribution in [-0.4, -0.2) is 81.7 Å². The molecule has 2 aromatic heterocycles. The molecule has 0 saturated heterocycles. The van der Waals surface area contributed by atoms with Gasteiger partial charge in [-0.15, -0.1) is 0 Å². The maximum atomic E-state index is 13.3. The van der Waals surface area contributed by atoms with Gasteiger partial charge < -0.3 is 30.2 Å². The molecule has 3 N–H and O–H groups in total. The molecule has 0 radical (unpaired) electrons. The van der Waals surface area contributed by atoms with Crippen LogP contribution in [0.15, 0.2) is 24.3 Å². The molecule has 3 rings (SSSR count). The Bertz CT molecular complexity index is 1570. The van der Waals surface area contributed by atoms with Crippen molar-refractivity contribution in [3.05, 3.63) is 30.1 Å². The Morgan fingerprint density at radius 3 is 1.70 bits per heavy atom. The largest absolute Gasteiger partial charge is 0.458 e. The number of ether oxygens (including phenoxy) is 1. The lowest BCUT2D eigenvalue weighted by Crippen LogP contribution is -2.34. The van der Waals surface area contributed by atoms with Crippen molar-refractivity contribution in [3.63, 3.8) is 0 Å². The molecule has 348 valence electrons. The molecular formula is C52H93N7O2. The number of carbonyl (C=O) groups is 1. The summed E-state index contributed by atoms with van der Waals surface area (Å²) in [6.07, 6.45) is 32.5. The fraction of sp³-hybridized carbons (Fsp3) is 0.788. The van der Waals surface area contributed by atoms with E-state index in [4.69, 9.17) is 15.5 Å². The topological polar surface area (TPSA) is 102 Å². The average Bonchev–Trinajstić information content (AvgIpc) is 3.60. The van der Waals surface area contributed by atoms with Crippen molar-refractivity contribution in [3.8, 4) is 0 Å². The molecule has 0 aliphatic carbocycles. The number of esters is 1. The summed E-state index contributed by atoms with van der Waals surface area (Å²) in [5.41, 5.74) is 8.18. The maximum Gasteiger partial charge on any atom is 0.306 e. The van der Waals surface area contributed by atoms with Crippen molar-refractivity contribution in [2.24, 2.45) is 0 Å². The van der Waals surface area contributed by atoms with E-state index >= 15 is 0 Å². The van der Waals surface area contributed by atoms with Crippen molar-refractivity contribution in [2.45, 2.75) is 221 Å². The number of hydrogen-bond acceptors (Lipinski definition) is 8. The zero-order chi connectivity index (χ0) is 44.0. The molecule has 0 aliphatic rings. The van der Waals surface area contributed by atoms with Crippen molar-refractivity contribution >= 4 is 33.7 Å². The molecule has 0 saturated carbocycles. The number of fused-ring (bicyclic) bond motifs is 3. The maximum absolute atomic E-state index is 13.3. The third-order valence-electron chi connectivity index (χ3n) is 12.6. The lowest BCUT2D eigenvalue weighted by atomic mass is 10.1. The van der Waals surface area contributed by atoms with Crippen LogP contribution in [0.1, 0.15) is 208 Å². The minimum Gasteiger partial charge on any atom is -0.458 e. The number of nitrogen functional groups attached to an aromatic ring is 1. The Morgan fingerprint density at radius 2 is 1.15 bits per heavy atom. The quantitative estimate of drug-likeness (QED) is 0.0432. The van der Waals surface area contributed by atoms with Gasteiger partial charge in [0.15, 0.2) is 5.82 Å². The van der Waals surface area contributed by atoms with Crippen LogP contribution >= 0.6 is 0 Å². The summed E-state index contributed by atoms with van der Waals surface area (Å²) < 4.78 is 8.37. The third kappa shape index (κ3) is 21.5. The van der Waals surface area contributed by atoms with E-state index in [1.165, 1.54) is 161 Å². The summed E-state index contributed by atoms with van der Waals surface area (Å²) in [7, 11) is 0. The van der Waals surface area contributed by atoms with Crippen LogP contribution < -0.4 is 11.1 Å². The smallest absolute Gasteiger partial charge is 0.306 e. The zero-order valence-electron chi connectivity index (χ0n) is 40.5. The van der Waals surface area contributed by atoms with E-state index in [1.807, 2.05) is 32.0 Å². The van der Waals surface area contributed by atoms with Crippen LogP contribution in [0.4, 0.5) is 5.82 Å². The van der Waals surface area contributed by atoms with Gasteiger partial charge in [0, 0.05) is 11.8 Å². The van der Waals surface area contributed by atoms with E-state index in [0.717, 1.165) is 61.1 Å². The van der Waals surface area contributed by atoms with Gasteiger partial charge in [-0.2, -0.15) is 0 Å². The highest BCUT2D eigenvalue weighted by atomic mass is 16.6. The first-order valence-electron chi connectivity index (χ1n) is 25.6. The van der Waals surface area contributed by atoms with E-state index in [-0.39, 0.29) is 5.97 Å². The van der Waals surface area contributed by atoms with Crippen molar-refractivity contribution < 1.29 is 9.53 Å². The summed E-state index contributed by atoms with van der Waals surface area (Å²) in [5, 5.41) is 4.41. The van der Waals surface area contributed by atoms with E-state index in [9.17, 15) is 4.79 Å². The standard InChI is InChI=1S/C52H93N7O2/c1-7-11-13-15-17-19-21-23-25-31-38-57(10-4)41-34-42-58(39-32-26-24-22-20-18-16-14-12-8-2)40-33-27-28-37-48(60)61-52(5,6)44-59-47(43-54-9-3)56-49-50(59)45-35-29-30-36-46(45)55-51(49)53/h29-30,35-36,54H,7-28,31-34,37-44H2,1-6H3,(H2,53,55). The lowest BCUT2D eigenvalue weighted by Gasteiger charge is -2.27. The van der Waals surface area contributed by atoms with Gasteiger partial charge >= 0.3 is 5.97 Å². The second-order valence-electron chi connectivity index (χ2n) is 18.6. The summed E-state index contributed by atoms with van der Waals surface area (Å²) in [4.78, 5) is 28.3. The number of nitrogens with zero attached hydrogens (tertiary/aromatic N) is 5. The van der Waals surface area contributed by atoms with Crippen LogP contribution in [0.3, 0.4) is 0 Å². The molecule has 2 heterocycles. The first kappa shape index (κ1) is 52.6. The number of benzene rings is 1. The van der Waals surface area contributed by atoms with Crippen molar-refractivity contribution in [2.75, 3.05) is 51.5 Å². The fourth-order valence-corrected chi connectivity index (χ4v) is 8.93. The van der Waals surface area contributed by atoms with Gasteiger partial charge in [0.2, 0.25) is 0 Å². The molecule has 0 aliphatic heterocycles. The van der Waals surface area contributed by atoms with E-state index in [0.29, 0.717) is 30.8 Å². The highest BCUT2D eigenvalue weighted by Crippen LogP contribution is 2.31. The second-order valence-corrected chi connectivity index (χ2v) is 18.6. The van der Waals surface area contributed by atoms with Gasteiger partial charge in [0.25, 0.3) is 0 Å². The van der Waals surface area contributed by atoms with E-state index in [2.05, 4.69) is 58.4 Å². The number of nitrogens with two attached hydrogens (primary N) is 1. The average molecular weight is 848 g/mol. The summed E-state index contributed by atoms with van der Waals surface area (Å²) in [6, 6.07) is 8.04. The molecule has 0 fully saturated rings. The number of para-hydroxylation sites is 1. The minimum absolute atomic E-state index is 0.127. The number of carbonyl (C=O) groups excluding carboxylic acids is 1. The summed E-state index contributed by atoms with van der Waals surface area (Å²) in [6.45, 7) is 22.0. The molecule has 0 spiro atoms. The van der Waals surface area contributed by atoms with E-state index < -0.39 is 5.60 Å².